The van der Waals surface area contributed by atoms with Crippen molar-refractivity contribution in [2.45, 2.75) is 402 Å². The average Bonchev–Trinajstić information content (AvgIpc) is 2.75. The molecule has 9 N–H and O–H groups in total. The second kappa shape index (κ2) is 59.7. The van der Waals surface area contributed by atoms with Crippen molar-refractivity contribution in [2.24, 2.45) is 0 Å². The molecule has 12 unspecified atom stereocenters. The van der Waals surface area contributed by atoms with Gasteiger partial charge in [0.15, 0.2) is 12.6 Å². The summed E-state index contributed by atoms with van der Waals surface area (Å²) in [5.74, 6) is -0.238. The molecule has 0 bridgehead atoms. The number of aliphatic hydroxyl groups excluding tert-OH is 8. The number of unbranched alkanes of at least 4 members (excludes halogenated alkanes) is 43. The zero-order chi connectivity index (χ0) is 64.5. The van der Waals surface area contributed by atoms with Crippen molar-refractivity contribution >= 4 is 5.91 Å². The van der Waals surface area contributed by atoms with Crippen LogP contribution in [-0.2, 0) is 23.7 Å². The van der Waals surface area contributed by atoms with E-state index in [-0.39, 0.29) is 18.9 Å². The Bertz CT molecular complexity index is 1680. The van der Waals surface area contributed by atoms with Crippen LogP contribution in [0.3, 0.4) is 0 Å². The first kappa shape index (κ1) is 83.0. The second-order valence-electron chi connectivity index (χ2n) is 26.4. The van der Waals surface area contributed by atoms with Crippen molar-refractivity contribution in [3.05, 3.63) is 48.6 Å². The number of nitrogens with one attached hydrogen (secondary N) is 1. The summed E-state index contributed by atoms with van der Waals surface area (Å²) >= 11 is 0. The van der Waals surface area contributed by atoms with Crippen molar-refractivity contribution < 1.29 is 64.6 Å². The van der Waals surface area contributed by atoms with Gasteiger partial charge in [0.1, 0.15) is 48.8 Å². The highest BCUT2D eigenvalue weighted by Gasteiger charge is 2.51. The first-order chi connectivity index (χ1) is 43.6. The average molecular weight is 1260 g/mol. The van der Waals surface area contributed by atoms with Gasteiger partial charge in [-0.05, 0) is 57.8 Å². The molecular formula is C75H139NO13. The molecule has 0 aliphatic carbocycles. The summed E-state index contributed by atoms with van der Waals surface area (Å²) in [5, 5.41) is 87.6. The van der Waals surface area contributed by atoms with E-state index in [9.17, 15) is 45.6 Å². The highest BCUT2D eigenvalue weighted by molar-refractivity contribution is 5.76. The van der Waals surface area contributed by atoms with E-state index >= 15 is 0 Å². The number of carbonyl (C=O) groups excluding carboxylic acids is 1. The fourth-order valence-corrected chi connectivity index (χ4v) is 12.3. The second-order valence-corrected chi connectivity index (χ2v) is 26.4. The summed E-state index contributed by atoms with van der Waals surface area (Å²) in [7, 11) is 0. The molecule has 2 heterocycles. The van der Waals surface area contributed by atoms with E-state index in [0.717, 1.165) is 51.4 Å². The standard InChI is InChI=1S/C75H139NO13/c1-3-5-7-9-11-13-15-17-19-21-23-25-27-29-31-33-34-36-38-40-42-44-46-48-50-52-54-56-58-64(79)63(62-86-74-72(85)70(83)73(66(61-78)88-74)89-75-71(84)69(82)68(81)65(60-77)87-75)76-67(80)59-57-55-53-51-49-47-45-43-41-39-37-35-32-30-28-26-24-22-20-18-16-14-12-10-8-6-4-2/h16,18,22,24,28,30,56,58,63-66,68-75,77-79,81-85H,3-15,17,19-21,23,25-27,29,31-55,57,59-62H2,1-2H3,(H,76,80)/b18-16-,24-22-,30-28-,58-56+. The third-order valence-electron chi connectivity index (χ3n) is 18.3. The zero-order valence-corrected chi connectivity index (χ0v) is 56.9. The van der Waals surface area contributed by atoms with Crippen LogP contribution in [-0.4, -0.2) is 140 Å². The normalized spacial score (nSPS) is 23.3. The Hall–Kier alpha value is -2.05. The smallest absolute Gasteiger partial charge is 0.220 e. The Labute approximate surface area is 543 Å². The van der Waals surface area contributed by atoms with Gasteiger partial charge >= 0.3 is 0 Å². The Morgan fingerprint density at radius 2 is 0.742 bits per heavy atom. The fraction of sp³-hybridized carbons (Fsp3) is 0.880. The predicted octanol–water partition coefficient (Wildman–Crippen LogP) is 15.9. The maximum absolute atomic E-state index is 13.4. The molecule has 0 aromatic heterocycles. The van der Waals surface area contributed by atoms with Gasteiger partial charge in [-0.3, -0.25) is 4.79 Å². The quantitative estimate of drug-likeness (QED) is 0.0204. The Balaban J connectivity index is 1.66. The topological polar surface area (TPSA) is 228 Å². The van der Waals surface area contributed by atoms with Crippen molar-refractivity contribution in [3.63, 3.8) is 0 Å². The molecule has 0 spiro atoms. The maximum atomic E-state index is 13.4. The van der Waals surface area contributed by atoms with E-state index in [0.29, 0.717) is 6.42 Å². The van der Waals surface area contributed by atoms with Crippen LogP contribution in [0.2, 0.25) is 0 Å². The lowest BCUT2D eigenvalue weighted by Crippen LogP contribution is -2.65. The number of rotatable bonds is 62. The molecule has 14 nitrogen and oxygen atoms in total. The van der Waals surface area contributed by atoms with Crippen molar-refractivity contribution in [3.8, 4) is 0 Å². The minimum atomic E-state index is -1.79. The van der Waals surface area contributed by atoms with Gasteiger partial charge in [0.05, 0.1) is 32.0 Å². The van der Waals surface area contributed by atoms with Gasteiger partial charge in [-0.2, -0.15) is 0 Å². The fourth-order valence-electron chi connectivity index (χ4n) is 12.3. The van der Waals surface area contributed by atoms with Gasteiger partial charge in [-0.1, -0.05) is 313 Å². The lowest BCUT2D eigenvalue weighted by atomic mass is 9.97. The summed E-state index contributed by atoms with van der Waals surface area (Å²) in [6.07, 6.45) is 61.7. The van der Waals surface area contributed by atoms with Gasteiger partial charge < -0.3 is 65.1 Å². The van der Waals surface area contributed by atoms with Gasteiger partial charge in [0.25, 0.3) is 0 Å². The van der Waals surface area contributed by atoms with Crippen LogP contribution in [0.1, 0.15) is 328 Å². The van der Waals surface area contributed by atoms with E-state index < -0.39 is 86.8 Å². The molecular weight excluding hydrogens is 1120 g/mol. The number of hydrogen-bond acceptors (Lipinski definition) is 13. The third kappa shape index (κ3) is 43.5. The Morgan fingerprint density at radius 3 is 1.13 bits per heavy atom. The predicted molar refractivity (Wildman–Crippen MR) is 364 cm³/mol. The number of hydrogen-bond donors (Lipinski definition) is 9. The van der Waals surface area contributed by atoms with E-state index in [1.54, 1.807) is 6.08 Å². The molecule has 0 saturated carbocycles. The molecule has 89 heavy (non-hydrogen) atoms. The van der Waals surface area contributed by atoms with Gasteiger partial charge in [-0.25, -0.2) is 0 Å². The highest BCUT2D eigenvalue weighted by atomic mass is 16.7. The van der Waals surface area contributed by atoms with E-state index in [4.69, 9.17) is 18.9 Å². The first-order valence-electron chi connectivity index (χ1n) is 37.4. The molecule has 0 radical (unpaired) electrons. The lowest BCUT2D eigenvalue weighted by Gasteiger charge is -2.46. The largest absolute Gasteiger partial charge is 0.394 e. The van der Waals surface area contributed by atoms with Crippen LogP contribution in [0.5, 0.6) is 0 Å². The number of carbonyl (C=O) groups is 1. The van der Waals surface area contributed by atoms with Gasteiger partial charge in [0.2, 0.25) is 5.91 Å². The van der Waals surface area contributed by atoms with Crippen LogP contribution in [0.25, 0.3) is 0 Å². The highest BCUT2D eigenvalue weighted by Crippen LogP contribution is 2.30. The lowest BCUT2D eigenvalue weighted by molar-refractivity contribution is -0.359. The molecule has 2 saturated heterocycles. The van der Waals surface area contributed by atoms with Crippen molar-refractivity contribution in [1.29, 1.82) is 0 Å². The Morgan fingerprint density at radius 1 is 0.404 bits per heavy atom. The molecule has 0 aromatic carbocycles. The third-order valence-corrected chi connectivity index (χ3v) is 18.3. The monoisotopic (exact) mass is 1260 g/mol. The van der Waals surface area contributed by atoms with Crippen LogP contribution in [0.4, 0.5) is 0 Å². The molecule has 14 heteroatoms. The molecule has 12 atom stereocenters. The molecule has 522 valence electrons. The first-order valence-corrected chi connectivity index (χ1v) is 37.4. The van der Waals surface area contributed by atoms with Crippen molar-refractivity contribution in [1.82, 2.24) is 5.32 Å². The number of amides is 1. The molecule has 1 amide bonds. The number of aliphatic hydroxyl groups is 8. The van der Waals surface area contributed by atoms with Crippen LogP contribution >= 0.6 is 0 Å². The number of allylic oxidation sites excluding steroid dienone is 7. The summed E-state index contributed by atoms with van der Waals surface area (Å²) in [4.78, 5) is 13.4. The summed E-state index contributed by atoms with van der Waals surface area (Å²) in [6, 6.07) is -0.919. The molecule has 0 aromatic rings. The molecule has 2 rings (SSSR count). The summed E-state index contributed by atoms with van der Waals surface area (Å²) in [6.45, 7) is 2.83. The minimum Gasteiger partial charge on any atom is -0.394 e. The minimum absolute atomic E-state index is 0.238. The molecule has 2 aliphatic rings. The summed E-state index contributed by atoms with van der Waals surface area (Å²) in [5.41, 5.74) is 0. The van der Waals surface area contributed by atoms with Crippen LogP contribution < -0.4 is 5.32 Å². The molecule has 2 fully saturated rings. The SMILES string of the molecule is CCCCCCC/C=C\C/C=C\C/C=C\CCCCCCCCCCCCCCC(=O)NC(COC1OC(CO)C(OC2OC(CO)C(O)C(O)C2O)C(O)C1O)C(O)/C=C/CCCCCCCCCCCCCCCCCCCCCCCCCCCC. The zero-order valence-electron chi connectivity index (χ0n) is 56.9. The van der Waals surface area contributed by atoms with Gasteiger partial charge in [-0.15, -0.1) is 0 Å². The van der Waals surface area contributed by atoms with Crippen LogP contribution in [0, 0.1) is 0 Å². The van der Waals surface area contributed by atoms with Crippen molar-refractivity contribution in [2.75, 3.05) is 19.8 Å². The Kier molecular flexibility index (Phi) is 55.7. The van der Waals surface area contributed by atoms with E-state index in [1.807, 2.05) is 6.08 Å². The van der Waals surface area contributed by atoms with E-state index in [1.165, 1.54) is 250 Å². The van der Waals surface area contributed by atoms with E-state index in [2.05, 4.69) is 55.6 Å². The maximum Gasteiger partial charge on any atom is 0.220 e. The summed E-state index contributed by atoms with van der Waals surface area (Å²) < 4.78 is 22.9. The van der Waals surface area contributed by atoms with Gasteiger partial charge in [0, 0.05) is 6.42 Å². The number of ether oxygens (including phenoxy) is 4. The van der Waals surface area contributed by atoms with Crippen LogP contribution in [0.15, 0.2) is 48.6 Å². The molecule has 2 aliphatic heterocycles.